The summed E-state index contributed by atoms with van der Waals surface area (Å²) in [6.07, 6.45) is 3.28. The number of phenols is 1. The van der Waals surface area contributed by atoms with Gasteiger partial charge >= 0.3 is 43.6 Å². The molecule has 0 aliphatic heterocycles. The third-order valence-electron chi connectivity index (χ3n) is 11.2. The van der Waals surface area contributed by atoms with Gasteiger partial charge < -0.3 is 50.2 Å². The number of carbonyl (C=O) groups excluding carboxylic acids is 4. The Balaban J connectivity index is 1.97. The highest BCUT2D eigenvalue weighted by atomic mass is 28.5. The molecule has 0 bridgehead atoms. The van der Waals surface area contributed by atoms with Crippen LogP contribution in [-0.2, 0) is 45.0 Å². The second-order valence-corrected chi connectivity index (χ2v) is 39.4. The summed E-state index contributed by atoms with van der Waals surface area (Å²) in [5, 5.41) is 12.1. The maximum absolute atomic E-state index is 14.0. The van der Waals surface area contributed by atoms with E-state index in [4.69, 9.17) is 40.1 Å². The molecule has 3 aromatic rings. The number of nitrogens with zero attached hydrogens (tertiary/aromatic N) is 1. The highest BCUT2D eigenvalue weighted by molar-refractivity contribution is 6.94. The van der Waals surface area contributed by atoms with Crippen LogP contribution in [0.4, 0.5) is 5.69 Å². The number of aromatic hydroxyl groups is 1. The molecule has 402 valence electrons. The summed E-state index contributed by atoms with van der Waals surface area (Å²) < 4.78 is 57.3. The van der Waals surface area contributed by atoms with Crippen LogP contribution in [0.1, 0.15) is 79.3 Å². The molecule has 3 atom stereocenters. The monoisotopic (exact) mass is 1100 g/mol. The lowest BCUT2D eigenvalue weighted by molar-refractivity contribution is -0.146. The molecule has 0 aromatic heterocycles. The van der Waals surface area contributed by atoms with Gasteiger partial charge in [-0.1, -0.05) is 56.8 Å². The van der Waals surface area contributed by atoms with Crippen molar-refractivity contribution in [1.29, 1.82) is 0 Å². The molecular weight excluding hydrogens is 1020 g/mol. The van der Waals surface area contributed by atoms with Crippen molar-refractivity contribution >= 4 is 77.8 Å². The van der Waals surface area contributed by atoms with E-state index in [1.807, 2.05) is 33.5 Å². The van der Waals surface area contributed by atoms with Crippen molar-refractivity contribution in [3.05, 3.63) is 118 Å². The first-order chi connectivity index (χ1) is 34.2. The van der Waals surface area contributed by atoms with Crippen LogP contribution < -0.4 is 9.64 Å². The van der Waals surface area contributed by atoms with Crippen molar-refractivity contribution in [3.8, 4) is 11.5 Å². The Hall–Kier alpha value is -4.76. The quantitative estimate of drug-likeness (QED) is 0.00913. The number of anilines is 1. The number of benzene rings is 3. The molecule has 0 aliphatic rings. The lowest BCUT2D eigenvalue weighted by Gasteiger charge is -2.45. The Morgan fingerprint density at radius 2 is 1.16 bits per heavy atom. The third kappa shape index (κ3) is 19.5. The van der Waals surface area contributed by atoms with Crippen LogP contribution in [0.2, 0.25) is 65.0 Å². The maximum Gasteiger partial charge on any atom is 0.348 e. The van der Waals surface area contributed by atoms with Gasteiger partial charge in [0.15, 0.2) is 22.4 Å². The second kappa shape index (κ2) is 28.2. The third-order valence-corrected chi connectivity index (χ3v) is 29.7. The first-order valence-electron chi connectivity index (χ1n) is 25.1. The maximum atomic E-state index is 14.0. The molecule has 15 nitrogen and oxygen atoms in total. The van der Waals surface area contributed by atoms with Gasteiger partial charge in [-0.25, -0.2) is 14.4 Å². The Labute approximate surface area is 439 Å². The molecule has 3 aromatic carbocycles. The number of carbonyl (C=O) groups is 4. The molecule has 0 fully saturated rings. The SMILES string of the molecule is C=C(COC(=O)c1ccccc1C(=O)c1ccc(N(CC)CC)cc1O)[Si](C)(O[Si](C)(C)C)O[Si](C)(CCOCCCC)O[Si](C)(O[Si](C)(C)C)C(=C)COc1ccc(C=C(C(=O)OCC)C(=O)OCC)cc1. The lowest BCUT2D eigenvalue weighted by Crippen LogP contribution is -2.63. The average molecular weight is 1100 g/mol. The molecule has 0 aliphatic carbocycles. The van der Waals surface area contributed by atoms with Crippen molar-refractivity contribution < 1.29 is 64.4 Å². The average Bonchev–Trinajstić information content (AvgIpc) is 3.30. The summed E-state index contributed by atoms with van der Waals surface area (Å²) in [6, 6.07) is 18.5. The Morgan fingerprint density at radius 3 is 1.66 bits per heavy atom. The van der Waals surface area contributed by atoms with E-state index < -0.39 is 66.0 Å². The van der Waals surface area contributed by atoms with Crippen molar-refractivity contribution in [2.45, 2.75) is 112 Å². The molecule has 3 rings (SSSR count). The van der Waals surface area contributed by atoms with Crippen LogP contribution >= 0.6 is 0 Å². The largest absolute Gasteiger partial charge is 0.507 e. The van der Waals surface area contributed by atoms with Crippen molar-refractivity contribution in [2.75, 3.05) is 57.6 Å². The zero-order valence-electron chi connectivity index (χ0n) is 45.8. The van der Waals surface area contributed by atoms with E-state index in [9.17, 15) is 24.3 Å². The van der Waals surface area contributed by atoms with E-state index in [0.29, 0.717) is 41.0 Å². The van der Waals surface area contributed by atoms with Gasteiger partial charge in [-0.15, -0.1) is 0 Å². The Morgan fingerprint density at radius 1 is 0.630 bits per heavy atom. The topological polar surface area (TPSA) is 175 Å². The van der Waals surface area contributed by atoms with Gasteiger partial charge in [-0.05, 0) is 135 Å². The highest BCUT2D eigenvalue weighted by Gasteiger charge is 2.53. The minimum Gasteiger partial charge on any atom is -0.507 e. The lowest BCUT2D eigenvalue weighted by atomic mass is 9.97. The predicted molar refractivity (Wildman–Crippen MR) is 300 cm³/mol. The van der Waals surface area contributed by atoms with E-state index >= 15 is 0 Å². The molecule has 0 spiro atoms. The summed E-state index contributed by atoms with van der Waals surface area (Å²) in [5.74, 6) is -2.52. The van der Waals surface area contributed by atoms with Gasteiger partial charge in [0.2, 0.25) is 0 Å². The van der Waals surface area contributed by atoms with Gasteiger partial charge in [-0.3, -0.25) is 4.79 Å². The van der Waals surface area contributed by atoms with E-state index in [-0.39, 0.29) is 54.4 Å². The fourth-order valence-electron chi connectivity index (χ4n) is 7.66. The number of ether oxygens (including phenoxy) is 5. The Bertz CT molecular complexity index is 2380. The number of phenolic OH excluding ortho intramolecular Hbond substituents is 1. The zero-order valence-corrected chi connectivity index (χ0v) is 50.8. The van der Waals surface area contributed by atoms with Crippen molar-refractivity contribution in [1.82, 2.24) is 0 Å². The minimum absolute atomic E-state index is 0.0330. The highest BCUT2D eigenvalue weighted by Crippen LogP contribution is 2.35. The summed E-state index contributed by atoms with van der Waals surface area (Å²) in [5.41, 5.74) is 1.29. The number of unbranched alkanes of at least 4 members (excludes halogenated alkanes) is 1. The van der Waals surface area contributed by atoms with Crippen LogP contribution in [-0.4, -0.2) is 124 Å². The molecular formula is C53H81NO14Si5. The molecule has 0 amide bonds. The number of hydrogen-bond donors (Lipinski definition) is 1. The van der Waals surface area contributed by atoms with Gasteiger partial charge in [0.1, 0.15) is 30.3 Å². The summed E-state index contributed by atoms with van der Waals surface area (Å²) in [6.45, 7) is 38.9. The second-order valence-electron chi connectivity index (χ2n) is 19.8. The fourth-order valence-corrected chi connectivity index (χ4v) is 29.5. The summed E-state index contributed by atoms with van der Waals surface area (Å²) in [7, 11) is -15.2. The first-order valence-corrected chi connectivity index (χ1v) is 39.1. The number of hydrogen-bond acceptors (Lipinski definition) is 15. The van der Waals surface area contributed by atoms with Crippen LogP contribution in [0.5, 0.6) is 11.5 Å². The van der Waals surface area contributed by atoms with Gasteiger partial charge in [0.05, 0.1) is 24.3 Å². The molecule has 0 heterocycles. The van der Waals surface area contributed by atoms with Gasteiger partial charge in [0.25, 0.3) is 0 Å². The molecule has 3 unspecified atom stereocenters. The van der Waals surface area contributed by atoms with Gasteiger partial charge in [-0.2, -0.15) is 0 Å². The molecule has 0 radical (unpaired) electrons. The molecule has 73 heavy (non-hydrogen) atoms. The normalized spacial score (nSPS) is 14.1. The van der Waals surface area contributed by atoms with Crippen LogP contribution in [0.3, 0.4) is 0 Å². The molecule has 20 heteroatoms. The van der Waals surface area contributed by atoms with Crippen molar-refractivity contribution in [2.24, 2.45) is 0 Å². The van der Waals surface area contributed by atoms with Crippen LogP contribution in [0, 0.1) is 0 Å². The summed E-state index contributed by atoms with van der Waals surface area (Å²) >= 11 is 0. The number of rotatable bonds is 32. The van der Waals surface area contributed by atoms with E-state index in [1.54, 1.807) is 68.4 Å². The van der Waals surface area contributed by atoms with E-state index in [0.717, 1.165) is 31.6 Å². The van der Waals surface area contributed by atoms with E-state index in [2.05, 4.69) is 64.3 Å². The Kier molecular flexibility index (Phi) is 24.2. The number of esters is 3. The molecule has 0 saturated carbocycles. The smallest absolute Gasteiger partial charge is 0.348 e. The molecule has 0 saturated heterocycles. The van der Waals surface area contributed by atoms with Crippen LogP contribution in [0.15, 0.2) is 95.9 Å². The predicted octanol–water partition coefficient (Wildman–Crippen LogP) is 11.2. The number of ketones is 1. The zero-order chi connectivity index (χ0) is 54.8. The van der Waals surface area contributed by atoms with Gasteiger partial charge in [0, 0.05) is 60.1 Å². The van der Waals surface area contributed by atoms with E-state index in [1.165, 1.54) is 18.2 Å². The summed E-state index contributed by atoms with van der Waals surface area (Å²) in [4.78, 5) is 55.2. The fraction of sp³-hybridized carbons (Fsp3) is 0.472. The minimum atomic E-state index is -3.57. The van der Waals surface area contributed by atoms with Crippen molar-refractivity contribution in [3.63, 3.8) is 0 Å². The first kappa shape index (κ1) is 62.5. The standard InChI is InChI=1S/C53H81NO14Si5/c1-17-22-33-60-34-35-71(14,67-72(15,65-69(8,9)10)40(6)38-63-44-30-27-42(28-31-44)36-48(52(58)61-20-4)53(59)62-21-5)68-73(16,66-70(11,12)13)41(7)39-64-51(57)46-26-24-23-25-45(46)50(56)47-32-29-43(37-49(47)55)54(18-2)19-3/h23-32,36-37,55H,6-7,17-22,33-35,38-39H2,1-5,8-16H3. The molecule has 1 N–H and O–H groups in total. The van der Waals surface area contributed by atoms with Crippen LogP contribution in [0.25, 0.3) is 6.08 Å².